The number of imide groups is 1. The second-order valence-electron chi connectivity index (χ2n) is 7.25. The van der Waals surface area contributed by atoms with Gasteiger partial charge in [-0.3, -0.25) is 14.5 Å². The summed E-state index contributed by atoms with van der Waals surface area (Å²) in [7, 11) is 1.58. The number of nitrogens with zero attached hydrogens (tertiary/aromatic N) is 1. The van der Waals surface area contributed by atoms with Crippen molar-refractivity contribution in [2.45, 2.75) is 6.42 Å². The van der Waals surface area contributed by atoms with Crippen LogP contribution in [-0.4, -0.2) is 30.4 Å². The normalized spacial score (nSPS) is 13.7. The van der Waals surface area contributed by atoms with E-state index in [-0.39, 0.29) is 17.8 Å². The summed E-state index contributed by atoms with van der Waals surface area (Å²) in [5.74, 6) is -1.24. The van der Waals surface area contributed by atoms with Crippen LogP contribution in [0.15, 0.2) is 78.5 Å². The lowest BCUT2D eigenvalue weighted by Gasteiger charge is -2.15. The van der Waals surface area contributed by atoms with E-state index >= 15 is 0 Å². The van der Waals surface area contributed by atoms with Crippen LogP contribution in [0.25, 0.3) is 5.57 Å². The van der Waals surface area contributed by atoms with E-state index in [2.05, 4.69) is 5.32 Å². The van der Waals surface area contributed by atoms with Gasteiger partial charge in [0, 0.05) is 12.2 Å². The summed E-state index contributed by atoms with van der Waals surface area (Å²) in [6.07, 6.45) is 0.450. The van der Waals surface area contributed by atoms with Gasteiger partial charge in [0.1, 0.15) is 23.1 Å². The summed E-state index contributed by atoms with van der Waals surface area (Å²) in [5.41, 5.74) is 1.81. The number of methoxy groups -OCH3 is 1. The molecule has 0 saturated carbocycles. The van der Waals surface area contributed by atoms with Gasteiger partial charge >= 0.3 is 0 Å². The largest absolute Gasteiger partial charge is 0.497 e. The number of rotatable bonds is 7. The van der Waals surface area contributed by atoms with E-state index in [0.717, 1.165) is 10.5 Å². The molecule has 0 fully saturated rings. The van der Waals surface area contributed by atoms with E-state index in [1.807, 2.05) is 24.3 Å². The van der Waals surface area contributed by atoms with Crippen LogP contribution >= 0.6 is 0 Å². The highest BCUT2D eigenvalue weighted by molar-refractivity contribution is 6.36. The number of carbonyl (C=O) groups is 2. The standard InChI is InChI=1S/C25H20F2N2O3/c1-32-21-11-5-16(6-12-21)13-14-29-24(30)22(17-7-9-18(26)10-8-17)23(25(29)31)28-20-4-2-3-19(27)15-20/h2-12,15,28H,13-14H2,1H3. The maximum absolute atomic E-state index is 13.6. The minimum atomic E-state index is -0.521. The minimum Gasteiger partial charge on any atom is -0.497 e. The second-order valence-corrected chi connectivity index (χ2v) is 7.25. The average Bonchev–Trinajstić information content (AvgIpc) is 3.02. The van der Waals surface area contributed by atoms with Gasteiger partial charge in [0.15, 0.2) is 0 Å². The predicted octanol–water partition coefficient (Wildman–Crippen LogP) is 4.41. The van der Waals surface area contributed by atoms with Gasteiger partial charge in [-0.25, -0.2) is 8.78 Å². The summed E-state index contributed by atoms with van der Waals surface area (Å²) in [5, 5.41) is 2.89. The van der Waals surface area contributed by atoms with Crippen LogP contribution in [0.2, 0.25) is 0 Å². The minimum absolute atomic E-state index is 0.0296. The molecule has 1 heterocycles. The van der Waals surface area contributed by atoms with Crippen molar-refractivity contribution < 1.29 is 23.1 Å². The van der Waals surface area contributed by atoms with Crippen molar-refractivity contribution in [1.82, 2.24) is 4.90 Å². The molecular formula is C25H20F2N2O3. The Morgan fingerprint density at radius 2 is 1.59 bits per heavy atom. The molecule has 5 nitrogen and oxygen atoms in total. The first-order valence-electron chi connectivity index (χ1n) is 9.98. The van der Waals surface area contributed by atoms with E-state index in [1.165, 1.54) is 42.5 Å². The highest BCUT2D eigenvalue weighted by atomic mass is 19.1. The maximum Gasteiger partial charge on any atom is 0.278 e. The summed E-state index contributed by atoms with van der Waals surface area (Å²) in [6.45, 7) is 0.156. The number of carbonyl (C=O) groups excluding carboxylic acids is 2. The van der Waals surface area contributed by atoms with Crippen molar-refractivity contribution in [2.24, 2.45) is 0 Å². The first-order valence-corrected chi connectivity index (χ1v) is 9.98. The number of hydrogen-bond donors (Lipinski definition) is 1. The first kappa shape index (κ1) is 21.2. The topological polar surface area (TPSA) is 58.6 Å². The van der Waals surface area contributed by atoms with Crippen LogP contribution in [0.1, 0.15) is 11.1 Å². The Morgan fingerprint density at radius 1 is 0.875 bits per heavy atom. The van der Waals surface area contributed by atoms with Crippen LogP contribution < -0.4 is 10.1 Å². The molecular weight excluding hydrogens is 414 g/mol. The van der Waals surface area contributed by atoms with E-state index in [9.17, 15) is 18.4 Å². The fraction of sp³-hybridized carbons (Fsp3) is 0.120. The number of anilines is 1. The third-order valence-electron chi connectivity index (χ3n) is 5.18. The molecule has 0 unspecified atom stereocenters. The highest BCUT2D eigenvalue weighted by Crippen LogP contribution is 2.31. The summed E-state index contributed by atoms with van der Waals surface area (Å²) < 4.78 is 32.2. The Labute approximate surface area is 183 Å². The van der Waals surface area contributed by atoms with Crippen LogP contribution in [0.5, 0.6) is 5.75 Å². The van der Waals surface area contributed by atoms with Crippen LogP contribution in [0.4, 0.5) is 14.5 Å². The Hall–Kier alpha value is -4.00. The van der Waals surface area contributed by atoms with Crippen molar-refractivity contribution in [2.75, 3.05) is 19.0 Å². The molecule has 4 rings (SSSR count). The molecule has 3 aromatic rings. The smallest absolute Gasteiger partial charge is 0.278 e. The molecule has 0 bridgehead atoms. The fourth-order valence-electron chi connectivity index (χ4n) is 3.52. The average molecular weight is 434 g/mol. The molecule has 0 spiro atoms. The maximum atomic E-state index is 13.6. The molecule has 3 aromatic carbocycles. The van der Waals surface area contributed by atoms with E-state index in [0.29, 0.717) is 23.4 Å². The van der Waals surface area contributed by atoms with E-state index in [4.69, 9.17) is 4.74 Å². The highest BCUT2D eigenvalue weighted by Gasteiger charge is 2.39. The van der Waals surface area contributed by atoms with Crippen LogP contribution in [-0.2, 0) is 16.0 Å². The van der Waals surface area contributed by atoms with Gasteiger partial charge in [-0.15, -0.1) is 0 Å². The van der Waals surface area contributed by atoms with Gasteiger partial charge < -0.3 is 10.1 Å². The molecule has 1 N–H and O–H groups in total. The number of amides is 2. The second kappa shape index (κ2) is 9.01. The zero-order valence-corrected chi connectivity index (χ0v) is 17.3. The zero-order valence-electron chi connectivity index (χ0n) is 17.3. The van der Waals surface area contributed by atoms with Crippen LogP contribution in [0, 0.1) is 11.6 Å². The number of nitrogens with one attached hydrogen (secondary N) is 1. The third-order valence-corrected chi connectivity index (χ3v) is 5.18. The van der Waals surface area contributed by atoms with Gasteiger partial charge in [0.2, 0.25) is 0 Å². The molecule has 1 aliphatic heterocycles. The van der Waals surface area contributed by atoms with Crippen molar-refractivity contribution >= 4 is 23.1 Å². The molecule has 32 heavy (non-hydrogen) atoms. The van der Waals surface area contributed by atoms with Gasteiger partial charge in [-0.2, -0.15) is 0 Å². The Morgan fingerprint density at radius 3 is 2.25 bits per heavy atom. The molecule has 162 valence electrons. The zero-order chi connectivity index (χ0) is 22.7. The summed E-state index contributed by atoms with van der Waals surface area (Å²) >= 11 is 0. The molecule has 0 aliphatic carbocycles. The SMILES string of the molecule is COc1ccc(CCN2C(=O)C(Nc3cccc(F)c3)=C(c3ccc(F)cc3)C2=O)cc1. The van der Waals surface area contributed by atoms with Crippen molar-refractivity contribution in [1.29, 1.82) is 0 Å². The van der Waals surface area contributed by atoms with E-state index in [1.54, 1.807) is 13.2 Å². The third kappa shape index (κ3) is 4.37. The Kier molecular flexibility index (Phi) is 5.98. The monoisotopic (exact) mass is 434 g/mol. The lowest BCUT2D eigenvalue weighted by atomic mass is 10.0. The quantitative estimate of drug-likeness (QED) is 0.560. The van der Waals surface area contributed by atoms with E-state index < -0.39 is 23.4 Å². The number of halogens is 2. The molecule has 2 amide bonds. The number of ether oxygens (including phenoxy) is 1. The van der Waals surface area contributed by atoms with Gasteiger partial charge in [-0.05, 0) is 60.0 Å². The first-order chi connectivity index (χ1) is 15.5. The van der Waals surface area contributed by atoms with Crippen molar-refractivity contribution in [3.05, 3.63) is 101 Å². The van der Waals surface area contributed by atoms with Crippen molar-refractivity contribution in [3.8, 4) is 5.75 Å². The molecule has 0 aromatic heterocycles. The van der Waals surface area contributed by atoms with Crippen LogP contribution in [0.3, 0.4) is 0 Å². The molecule has 7 heteroatoms. The molecule has 0 atom stereocenters. The molecule has 0 radical (unpaired) electrons. The lowest BCUT2D eigenvalue weighted by molar-refractivity contribution is -0.136. The molecule has 1 aliphatic rings. The molecule has 0 saturated heterocycles. The number of benzene rings is 3. The Balaban J connectivity index is 1.63. The fourth-order valence-corrected chi connectivity index (χ4v) is 3.52. The number of hydrogen-bond acceptors (Lipinski definition) is 4. The van der Waals surface area contributed by atoms with Crippen molar-refractivity contribution in [3.63, 3.8) is 0 Å². The van der Waals surface area contributed by atoms with Gasteiger partial charge in [0.05, 0.1) is 12.7 Å². The summed E-state index contributed by atoms with van der Waals surface area (Å²) in [6, 6.07) is 18.3. The predicted molar refractivity (Wildman–Crippen MR) is 117 cm³/mol. The van der Waals surface area contributed by atoms with Gasteiger partial charge in [-0.1, -0.05) is 30.3 Å². The van der Waals surface area contributed by atoms with Gasteiger partial charge in [0.25, 0.3) is 11.8 Å². The Bertz CT molecular complexity index is 1190. The lowest BCUT2D eigenvalue weighted by Crippen LogP contribution is -2.34. The summed E-state index contributed by atoms with van der Waals surface area (Å²) in [4.78, 5) is 27.5.